The molecular weight excluding hydrogens is 276 g/mol. The molecule has 1 fully saturated rings. The third kappa shape index (κ3) is 3.22. The lowest BCUT2D eigenvalue weighted by Crippen LogP contribution is -2.20. The van der Waals surface area contributed by atoms with Gasteiger partial charge in [0.1, 0.15) is 11.6 Å². The molecule has 2 aromatic heterocycles. The van der Waals surface area contributed by atoms with Gasteiger partial charge >= 0.3 is 0 Å². The Morgan fingerprint density at radius 1 is 1.00 bits per heavy atom. The van der Waals surface area contributed by atoms with Crippen LogP contribution in [0.2, 0.25) is 0 Å². The van der Waals surface area contributed by atoms with Gasteiger partial charge in [-0.05, 0) is 53.3 Å². The van der Waals surface area contributed by atoms with E-state index >= 15 is 0 Å². The summed E-state index contributed by atoms with van der Waals surface area (Å²) in [7, 11) is 2.13. The number of rotatable bonds is 3. The van der Waals surface area contributed by atoms with Crippen molar-refractivity contribution < 1.29 is 0 Å². The van der Waals surface area contributed by atoms with Crippen molar-refractivity contribution in [3.8, 4) is 0 Å². The maximum atomic E-state index is 4.68. The van der Waals surface area contributed by atoms with E-state index in [0.29, 0.717) is 12.0 Å². The van der Waals surface area contributed by atoms with E-state index in [1.54, 1.807) is 0 Å². The Kier molecular flexibility index (Phi) is 4.02. The monoisotopic (exact) mass is 298 g/mol. The van der Waals surface area contributed by atoms with Crippen molar-refractivity contribution in [3.63, 3.8) is 0 Å². The van der Waals surface area contributed by atoms with Gasteiger partial charge in [-0.15, -0.1) is 0 Å². The summed E-state index contributed by atoms with van der Waals surface area (Å²) in [5.41, 5.74) is 2.84. The smallest absolute Gasteiger partial charge is 0.228 e. The van der Waals surface area contributed by atoms with Crippen molar-refractivity contribution in [3.05, 3.63) is 35.0 Å². The molecule has 1 aliphatic heterocycles. The molecule has 0 radical (unpaired) electrons. The highest BCUT2D eigenvalue weighted by atomic mass is 15.2. The molecular formula is C16H22N6. The first kappa shape index (κ1) is 14.8. The van der Waals surface area contributed by atoms with Gasteiger partial charge in [-0.25, -0.2) is 19.9 Å². The summed E-state index contributed by atoms with van der Waals surface area (Å²) in [6.07, 6.45) is 2.31. The van der Waals surface area contributed by atoms with Gasteiger partial charge < -0.3 is 5.32 Å². The molecule has 0 bridgehead atoms. The Bertz CT molecular complexity index is 664. The maximum absolute atomic E-state index is 4.68. The van der Waals surface area contributed by atoms with Gasteiger partial charge in [0.15, 0.2) is 0 Å². The highest BCUT2D eigenvalue weighted by Crippen LogP contribution is 2.29. The van der Waals surface area contributed by atoms with E-state index in [2.05, 4.69) is 37.2 Å². The standard InChI is InChI=1S/C16H22N6/c1-10-8-11(2)19-16(18-10)21-14-9-12(3)17-15(20-14)13-6-5-7-22(13)4/h8-9,13H,5-7H2,1-4H3,(H,17,18,19,20,21). The van der Waals surface area contributed by atoms with Crippen LogP contribution in [0.3, 0.4) is 0 Å². The average Bonchev–Trinajstić information content (AvgIpc) is 2.83. The number of nitrogens with zero attached hydrogens (tertiary/aromatic N) is 5. The number of likely N-dealkylation sites (tertiary alicyclic amines) is 1. The summed E-state index contributed by atoms with van der Waals surface area (Å²) >= 11 is 0. The van der Waals surface area contributed by atoms with E-state index in [4.69, 9.17) is 0 Å². The molecule has 3 rings (SSSR count). The van der Waals surface area contributed by atoms with Crippen LogP contribution >= 0.6 is 0 Å². The number of hydrogen-bond acceptors (Lipinski definition) is 6. The number of anilines is 2. The fourth-order valence-corrected chi connectivity index (χ4v) is 2.94. The third-order valence-electron chi connectivity index (χ3n) is 3.91. The Balaban J connectivity index is 1.89. The topological polar surface area (TPSA) is 66.8 Å². The highest BCUT2D eigenvalue weighted by Gasteiger charge is 2.25. The molecule has 116 valence electrons. The molecule has 1 aliphatic rings. The van der Waals surface area contributed by atoms with E-state index in [1.165, 1.54) is 6.42 Å². The molecule has 1 unspecified atom stereocenters. The van der Waals surface area contributed by atoms with Gasteiger partial charge in [0.25, 0.3) is 0 Å². The van der Waals surface area contributed by atoms with E-state index in [1.807, 2.05) is 32.9 Å². The normalized spacial score (nSPS) is 18.6. The number of nitrogens with one attached hydrogen (secondary N) is 1. The second kappa shape index (κ2) is 5.96. The summed E-state index contributed by atoms with van der Waals surface area (Å²) in [6, 6.07) is 4.19. The van der Waals surface area contributed by atoms with Crippen LogP contribution in [0.5, 0.6) is 0 Å². The van der Waals surface area contributed by atoms with Gasteiger partial charge in [0.05, 0.1) is 6.04 Å². The molecule has 0 amide bonds. The highest BCUT2D eigenvalue weighted by molar-refractivity contribution is 5.48. The Hall–Kier alpha value is -2.08. The summed E-state index contributed by atoms with van der Waals surface area (Å²) in [4.78, 5) is 20.4. The van der Waals surface area contributed by atoms with Gasteiger partial charge in [-0.2, -0.15) is 0 Å². The first-order chi connectivity index (χ1) is 10.5. The van der Waals surface area contributed by atoms with Crippen LogP contribution in [0.25, 0.3) is 0 Å². The molecule has 6 nitrogen and oxygen atoms in total. The predicted molar refractivity (Wildman–Crippen MR) is 86.2 cm³/mol. The van der Waals surface area contributed by atoms with E-state index in [0.717, 1.165) is 41.7 Å². The Labute approximate surface area is 131 Å². The summed E-state index contributed by atoms with van der Waals surface area (Å²) in [5.74, 6) is 2.22. The summed E-state index contributed by atoms with van der Waals surface area (Å²) in [6.45, 7) is 7.02. The van der Waals surface area contributed by atoms with E-state index in [-0.39, 0.29) is 0 Å². The zero-order valence-corrected chi connectivity index (χ0v) is 13.6. The summed E-state index contributed by atoms with van der Waals surface area (Å²) in [5, 5.41) is 3.21. The van der Waals surface area contributed by atoms with Crippen molar-refractivity contribution in [2.24, 2.45) is 0 Å². The number of aromatic nitrogens is 4. The first-order valence-corrected chi connectivity index (χ1v) is 7.66. The van der Waals surface area contributed by atoms with Crippen LogP contribution in [0.4, 0.5) is 11.8 Å². The van der Waals surface area contributed by atoms with Gasteiger partial charge in [-0.3, -0.25) is 4.90 Å². The minimum absolute atomic E-state index is 0.306. The molecule has 0 saturated carbocycles. The molecule has 0 spiro atoms. The summed E-state index contributed by atoms with van der Waals surface area (Å²) < 4.78 is 0. The first-order valence-electron chi connectivity index (χ1n) is 7.66. The van der Waals surface area contributed by atoms with Crippen LogP contribution < -0.4 is 5.32 Å². The molecule has 1 N–H and O–H groups in total. The van der Waals surface area contributed by atoms with Crippen LogP contribution in [-0.4, -0.2) is 38.4 Å². The fraction of sp³-hybridized carbons (Fsp3) is 0.500. The largest absolute Gasteiger partial charge is 0.309 e. The minimum Gasteiger partial charge on any atom is -0.309 e. The Morgan fingerprint density at radius 2 is 1.68 bits per heavy atom. The lowest BCUT2D eigenvalue weighted by Gasteiger charge is -2.19. The predicted octanol–water partition coefficient (Wildman–Crippen LogP) is 2.70. The van der Waals surface area contributed by atoms with Crippen LogP contribution in [0.15, 0.2) is 12.1 Å². The van der Waals surface area contributed by atoms with Crippen molar-refractivity contribution in [2.45, 2.75) is 39.7 Å². The lowest BCUT2D eigenvalue weighted by atomic mass is 10.2. The molecule has 22 heavy (non-hydrogen) atoms. The van der Waals surface area contributed by atoms with Crippen LogP contribution in [0.1, 0.15) is 41.8 Å². The lowest BCUT2D eigenvalue weighted by molar-refractivity contribution is 0.305. The zero-order chi connectivity index (χ0) is 15.7. The number of hydrogen-bond donors (Lipinski definition) is 1. The van der Waals surface area contributed by atoms with Crippen molar-refractivity contribution in [1.29, 1.82) is 0 Å². The average molecular weight is 298 g/mol. The van der Waals surface area contributed by atoms with Gasteiger partial charge in [0, 0.05) is 23.1 Å². The van der Waals surface area contributed by atoms with Crippen molar-refractivity contribution in [2.75, 3.05) is 18.9 Å². The molecule has 0 aromatic carbocycles. The van der Waals surface area contributed by atoms with Crippen LogP contribution in [0, 0.1) is 20.8 Å². The molecule has 1 saturated heterocycles. The minimum atomic E-state index is 0.306. The fourth-order valence-electron chi connectivity index (χ4n) is 2.94. The maximum Gasteiger partial charge on any atom is 0.228 e. The molecule has 2 aromatic rings. The van der Waals surface area contributed by atoms with E-state index < -0.39 is 0 Å². The second-order valence-corrected chi connectivity index (χ2v) is 5.99. The molecule has 1 atom stereocenters. The molecule has 3 heterocycles. The van der Waals surface area contributed by atoms with E-state index in [9.17, 15) is 0 Å². The van der Waals surface area contributed by atoms with Crippen molar-refractivity contribution in [1.82, 2.24) is 24.8 Å². The van der Waals surface area contributed by atoms with Crippen LogP contribution in [-0.2, 0) is 0 Å². The SMILES string of the molecule is Cc1cc(C)nc(Nc2cc(C)nc(C3CCCN3C)n2)n1. The molecule has 0 aliphatic carbocycles. The second-order valence-electron chi connectivity index (χ2n) is 5.99. The van der Waals surface area contributed by atoms with Gasteiger partial charge in [-0.1, -0.05) is 0 Å². The quantitative estimate of drug-likeness (QED) is 0.939. The van der Waals surface area contributed by atoms with Gasteiger partial charge in [0.2, 0.25) is 5.95 Å². The third-order valence-corrected chi connectivity index (χ3v) is 3.91. The zero-order valence-electron chi connectivity index (χ0n) is 13.6. The Morgan fingerprint density at radius 3 is 2.32 bits per heavy atom. The molecule has 6 heteroatoms. The van der Waals surface area contributed by atoms with Crippen molar-refractivity contribution >= 4 is 11.8 Å². The number of aryl methyl sites for hydroxylation is 3.